The normalized spacial score (nSPS) is 14.8. The van der Waals surface area contributed by atoms with Crippen molar-refractivity contribution >= 4 is 71.4 Å². The molecule has 264 valence electrons. The van der Waals surface area contributed by atoms with Gasteiger partial charge in [0.15, 0.2) is 0 Å². The Morgan fingerprint density at radius 3 is 1.14 bits per heavy atom. The Hall–Kier alpha value is -0.495. The number of hydrogen-bond acceptors (Lipinski definition) is 2. The van der Waals surface area contributed by atoms with Crippen LogP contribution in [0.1, 0.15) is 68.0 Å². The molecule has 14 heteroatoms. The molecule has 0 saturated heterocycles. The maximum absolute atomic E-state index is 14.2. The molecule has 0 atom stereocenters. The van der Waals surface area contributed by atoms with Gasteiger partial charge in [-0.05, 0) is 91.8 Å². The zero-order valence-corrected chi connectivity index (χ0v) is 37.4. The topological polar surface area (TPSA) is 52.1 Å². The van der Waals surface area contributed by atoms with Crippen LogP contribution in [-0.4, -0.2) is 66.4 Å². The molecule has 2 aliphatic heterocycles. The Morgan fingerprint density at radius 2 is 0.918 bits per heavy atom. The van der Waals surface area contributed by atoms with Gasteiger partial charge in [-0.25, -0.2) is 4.39 Å². The van der Waals surface area contributed by atoms with Crippen molar-refractivity contribution in [1.29, 1.82) is 0 Å². The Balaban J connectivity index is -0.000000386. The zero-order chi connectivity index (χ0) is 30.7. The molecule has 0 amide bonds. The molecule has 3 aromatic carbocycles. The summed E-state index contributed by atoms with van der Waals surface area (Å²) in [7, 11) is 1.01. The van der Waals surface area contributed by atoms with Crippen LogP contribution in [-0.2, 0) is 0 Å². The van der Waals surface area contributed by atoms with Gasteiger partial charge in [-0.15, -0.1) is 9.15 Å². The SMILES string of the molecule is Cc1cc(C)c([N+]2=C([O-])C(C)(C)C([O-])=[N+](c3c(C)cc(C)cc3C)C23P=C3C(C)(C)C)c(C)c1.Fc1ccccc1.[Al+3].[Al+3].[Cl-].[Cl-].[Cl-].[Cl-].[Cl-].[Cl-]. The van der Waals surface area contributed by atoms with Gasteiger partial charge in [-0.3, -0.25) is 0 Å². The number of rotatable bonds is 2. The van der Waals surface area contributed by atoms with Crippen molar-refractivity contribution < 1.29 is 98.2 Å². The molecular weight excluding hydrogens is 797 g/mol. The van der Waals surface area contributed by atoms with Crippen LogP contribution in [0, 0.1) is 58.2 Å². The van der Waals surface area contributed by atoms with Crippen molar-refractivity contribution in [3.63, 3.8) is 0 Å². The molecule has 4 nitrogen and oxygen atoms in total. The summed E-state index contributed by atoms with van der Waals surface area (Å²) in [6.45, 7) is 22.5. The molecule has 2 aliphatic rings. The van der Waals surface area contributed by atoms with Gasteiger partial charge >= 0.3 is 40.1 Å². The van der Waals surface area contributed by atoms with Gasteiger partial charge in [0.1, 0.15) is 28.3 Å². The summed E-state index contributed by atoms with van der Waals surface area (Å²) in [6, 6.07) is 16.5. The Kier molecular flexibility index (Phi) is 25.1. The standard InChI is InChI=1S/C29H37N2O2P.C6H5F.2Al.6ClH/c1-16-12-18(3)22(19(4)13-16)30-25(32)28(10,11)26(33)31(29(30)24(34-29)27(7,8)9)23-20(5)14-17(2)15-21(23)6;7-6-4-2-1-3-5-6;;;;;;;;/h12-15H,1-11H3;1-5H;;;6*1H/q;;2*+3;;;;;;/p-6. The fraction of sp³-hybridized carbons (Fsp3) is 0.400. The van der Waals surface area contributed by atoms with Gasteiger partial charge < -0.3 is 84.7 Å². The van der Waals surface area contributed by atoms with E-state index in [4.69, 9.17) is 0 Å². The van der Waals surface area contributed by atoms with Crippen molar-refractivity contribution in [2.45, 2.75) is 81.6 Å². The molecule has 2 heterocycles. The predicted molar refractivity (Wildman–Crippen MR) is 177 cm³/mol. The molecule has 0 aromatic heterocycles. The minimum atomic E-state index is -1.18. The minimum Gasteiger partial charge on any atom is -1.00 e. The Labute approximate surface area is 353 Å². The molecule has 49 heavy (non-hydrogen) atoms. The average Bonchev–Trinajstić information content (AvgIpc) is 3.59. The van der Waals surface area contributed by atoms with Crippen molar-refractivity contribution in [2.75, 3.05) is 0 Å². The third-order valence-electron chi connectivity index (χ3n) is 7.80. The molecule has 3 aromatic rings. The third-order valence-corrected chi connectivity index (χ3v) is 9.71. The summed E-state index contributed by atoms with van der Waals surface area (Å²) in [4.78, 5) is 0. The maximum atomic E-state index is 14.2. The van der Waals surface area contributed by atoms with E-state index in [0.29, 0.717) is 0 Å². The van der Waals surface area contributed by atoms with Gasteiger partial charge in [0.05, 0.1) is 8.20 Å². The summed E-state index contributed by atoms with van der Waals surface area (Å²) in [5.41, 5.74) is 7.08. The van der Waals surface area contributed by atoms with Gasteiger partial charge in [0.2, 0.25) is 11.4 Å². The largest absolute Gasteiger partial charge is 3.00 e. The first-order valence-corrected chi connectivity index (χ1v) is 15.0. The smallest absolute Gasteiger partial charge is 1.00 e. The first kappa shape index (κ1) is 57.8. The van der Waals surface area contributed by atoms with E-state index in [-0.39, 0.29) is 132 Å². The van der Waals surface area contributed by atoms with E-state index in [0.717, 1.165) is 41.8 Å². The van der Waals surface area contributed by atoms with E-state index in [1.807, 2.05) is 9.15 Å². The van der Waals surface area contributed by atoms with E-state index < -0.39 is 10.8 Å². The van der Waals surface area contributed by atoms with Crippen molar-refractivity contribution in [1.82, 2.24) is 0 Å². The summed E-state index contributed by atoms with van der Waals surface area (Å²) in [5, 5.41) is 28.8. The van der Waals surface area contributed by atoms with E-state index in [1.165, 1.54) is 28.6 Å². The van der Waals surface area contributed by atoms with Gasteiger partial charge in [0.25, 0.3) is 0 Å². The molecule has 0 unspecified atom stereocenters. The molecular formula is C35H42Al2Cl6FN2O2P. The molecule has 0 radical (unpaired) electrons. The molecule has 5 rings (SSSR count). The van der Waals surface area contributed by atoms with Crippen LogP contribution in [0.2, 0.25) is 0 Å². The van der Waals surface area contributed by atoms with Crippen molar-refractivity contribution in [3.8, 4) is 0 Å². The fourth-order valence-corrected chi connectivity index (χ4v) is 7.83. The van der Waals surface area contributed by atoms with Gasteiger partial charge in [-0.2, -0.15) is 0 Å². The number of aryl methyl sites for hydroxylation is 6. The van der Waals surface area contributed by atoms with Crippen LogP contribution in [0.3, 0.4) is 0 Å². The number of nitrogens with zero attached hydrogens (tertiary/aromatic N) is 2. The van der Waals surface area contributed by atoms with Crippen LogP contribution >= 0.6 is 8.20 Å². The first-order valence-electron chi connectivity index (χ1n) is 14.1. The van der Waals surface area contributed by atoms with Crippen LogP contribution in [0.25, 0.3) is 0 Å². The summed E-state index contributed by atoms with van der Waals surface area (Å²) >= 11 is 0. The number of halogens is 7. The molecule has 0 saturated carbocycles. The summed E-state index contributed by atoms with van der Waals surface area (Å²) < 4.78 is 15.8. The van der Waals surface area contributed by atoms with Crippen molar-refractivity contribution in [2.24, 2.45) is 10.8 Å². The van der Waals surface area contributed by atoms with Crippen molar-refractivity contribution in [3.05, 3.63) is 93.8 Å². The molecule has 0 bridgehead atoms. The molecule has 1 spiro atoms. The second kappa shape index (κ2) is 21.3. The Morgan fingerprint density at radius 1 is 0.612 bits per heavy atom. The van der Waals surface area contributed by atoms with Crippen LogP contribution in [0.5, 0.6) is 0 Å². The van der Waals surface area contributed by atoms with E-state index >= 15 is 0 Å². The van der Waals surface area contributed by atoms with Gasteiger partial charge in [-0.1, -0.05) is 50.1 Å². The third kappa shape index (κ3) is 11.0. The number of benzene rings is 3. The quantitative estimate of drug-likeness (QED) is 0.147. The predicted octanol–water partition coefficient (Wildman–Crippen LogP) is -12.0. The number of hydrogen-bond donors (Lipinski definition) is 0. The zero-order valence-electron chi connectivity index (χ0n) is 29.7. The first-order chi connectivity index (χ1) is 18.9. The van der Waals surface area contributed by atoms with E-state index in [1.54, 1.807) is 32.0 Å². The molecule has 0 aliphatic carbocycles. The molecule has 0 fully saturated rings. The van der Waals surface area contributed by atoms with Gasteiger partial charge in [0, 0.05) is 27.7 Å². The van der Waals surface area contributed by atoms with Crippen LogP contribution in [0.4, 0.5) is 15.8 Å². The second-order valence-electron chi connectivity index (χ2n) is 13.0. The Bertz CT molecular complexity index is 1530. The maximum Gasteiger partial charge on any atom is 3.00 e. The van der Waals surface area contributed by atoms with E-state index in [2.05, 4.69) is 86.6 Å². The summed E-state index contributed by atoms with van der Waals surface area (Å²) in [5.74, 6) is -0.432. The van der Waals surface area contributed by atoms with Crippen LogP contribution in [0.15, 0.2) is 54.6 Å². The minimum absolute atomic E-state index is 0. The second-order valence-corrected chi connectivity index (χ2v) is 14.3. The summed E-state index contributed by atoms with van der Waals surface area (Å²) in [6.07, 6.45) is 0. The molecule has 0 N–H and O–H groups in total. The van der Waals surface area contributed by atoms with Crippen LogP contribution < -0.4 is 84.7 Å². The average molecular weight is 839 g/mol. The monoisotopic (exact) mass is 836 g/mol. The fourth-order valence-electron chi connectivity index (χ4n) is 6.12. The van der Waals surface area contributed by atoms with E-state index in [9.17, 15) is 14.6 Å².